The molecule has 5 nitrogen and oxygen atoms in total. The maximum Gasteiger partial charge on any atom is 0.335 e. The van der Waals surface area contributed by atoms with E-state index < -0.39 is 5.97 Å². The Morgan fingerprint density at radius 3 is 2.59 bits per heavy atom. The van der Waals surface area contributed by atoms with Crippen LogP contribution >= 0.6 is 24.0 Å². The minimum absolute atomic E-state index is 0.0469. The van der Waals surface area contributed by atoms with Crippen LogP contribution in [0.5, 0.6) is 0 Å². The predicted molar refractivity (Wildman–Crippen MR) is 118 cm³/mol. The molecule has 1 aromatic heterocycles. The lowest BCUT2D eigenvalue weighted by Gasteiger charge is -2.26. The van der Waals surface area contributed by atoms with E-state index in [-0.39, 0.29) is 11.5 Å². The van der Waals surface area contributed by atoms with E-state index >= 15 is 0 Å². The zero-order chi connectivity index (χ0) is 20.4. The van der Waals surface area contributed by atoms with E-state index in [0.29, 0.717) is 33.2 Å². The topological polar surface area (TPSA) is 70.8 Å². The van der Waals surface area contributed by atoms with Crippen LogP contribution in [-0.4, -0.2) is 32.7 Å². The fourth-order valence-electron chi connectivity index (χ4n) is 3.78. The summed E-state index contributed by atoms with van der Waals surface area (Å²) >= 11 is 6.76. The Labute approximate surface area is 178 Å². The molecular weight excluding hydrogens is 406 g/mol. The van der Waals surface area contributed by atoms with Gasteiger partial charge in [0.15, 0.2) is 0 Å². The van der Waals surface area contributed by atoms with Crippen molar-refractivity contribution in [1.29, 1.82) is 0 Å². The van der Waals surface area contributed by atoms with Crippen LogP contribution in [0.3, 0.4) is 0 Å². The van der Waals surface area contributed by atoms with Gasteiger partial charge in [-0.05, 0) is 43.0 Å². The Balaban J connectivity index is 1.47. The van der Waals surface area contributed by atoms with Gasteiger partial charge in [0.05, 0.1) is 10.5 Å². The SMILES string of the molecule is O=C(O)c1ccc(-c2ccc(C=C3SC(=S)N(CC4CCCCC4)C3=O)o2)cc1. The molecule has 0 spiro atoms. The van der Waals surface area contributed by atoms with Crippen molar-refractivity contribution in [2.24, 2.45) is 5.92 Å². The minimum atomic E-state index is -0.966. The molecule has 2 aromatic rings. The lowest BCUT2D eigenvalue weighted by atomic mass is 9.89. The largest absolute Gasteiger partial charge is 0.478 e. The van der Waals surface area contributed by atoms with Crippen LogP contribution in [0.2, 0.25) is 0 Å². The van der Waals surface area contributed by atoms with Crippen molar-refractivity contribution in [3.8, 4) is 11.3 Å². The van der Waals surface area contributed by atoms with Crippen LogP contribution in [0.15, 0.2) is 45.7 Å². The highest BCUT2D eigenvalue weighted by Crippen LogP contribution is 2.35. The average Bonchev–Trinajstić information content (AvgIpc) is 3.29. The van der Waals surface area contributed by atoms with E-state index in [0.717, 1.165) is 18.4 Å². The van der Waals surface area contributed by atoms with Gasteiger partial charge in [0, 0.05) is 18.2 Å². The number of carbonyl (C=O) groups is 2. The van der Waals surface area contributed by atoms with Gasteiger partial charge in [-0.3, -0.25) is 9.69 Å². The summed E-state index contributed by atoms with van der Waals surface area (Å²) in [5, 5.41) is 9.00. The standard InChI is InChI=1S/C22H21NO4S2/c24-20-19(29-22(28)23(20)13-14-4-2-1-3-5-14)12-17-10-11-18(27-17)15-6-8-16(9-7-15)21(25)26/h6-12,14H,1-5,13H2,(H,25,26). The highest BCUT2D eigenvalue weighted by Gasteiger charge is 2.34. The highest BCUT2D eigenvalue weighted by molar-refractivity contribution is 8.26. The number of aromatic carboxylic acids is 1. The van der Waals surface area contributed by atoms with E-state index in [1.54, 1.807) is 29.2 Å². The summed E-state index contributed by atoms with van der Waals surface area (Å²) in [5.41, 5.74) is 1.00. The van der Waals surface area contributed by atoms with E-state index in [4.69, 9.17) is 21.7 Å². The Hall–Kier alpha value is -2.38. The van der Waals surface area contributed by atoms with Crippen LogP contribution < -0.4 is 0 Å². The van der Waals surface area contributed by atoms with Gasteiger partial charge in [-0.1, -0.05) is 55.4 Å². The number of nitrogens with zero attached hydrogens (tertiary/aromatic N) is 1. The van der Waals surface area contributed by atoms with Gasteiger partial charge in [0.2, 0.25) is 0 Å². The molecule has 1 aliphatic carbocycles. The van der Waals surface area contributed by atoms with E-state index in [9.17, 15) is 9.59 Å². The molecule has 1 N–H and O–H groups in total. The molecule has 0 atom stereocenters. The Morgan fingerprint density at radius 2 is 1.90 bits per heavy atom. The number of thiocarbonyl (C=S) groups is 1. The first kappa shape index (κ1) is 19.9. The molecule has 150 valence electrons. The third-order valence-corrected chi connectivity index (χ3v) is 6.73. The summed E-state index contributed by atoms with van der Waals surface area (Å²) in [6.45, 7) is 0.710. The Morgan fingerprint density at radius 1 is 1.17 bits per heavy atom. The fraction of sp³-hybridized carbons (Fsp3) is 0.318. The number of hydrogen-bond acceptors (Lipinski definition) is 5. The van der Waals surface area contributed by atoms with Crippen LogP contribution in [0.1, 0.15) is 48.2 Å². The summed E-state index contributed by atoms with van der Waals surface area (Å²) in [5.74, 6) is 0.710. The zero-order valence-corrected chi connectivity index (χ0v) is 17.4. The van der Waals surface area contributed by atoms with Crippen molar-refractivity contribution in [2.45, 2.75) is 32.1 Å². The molecule has 1 aliphatic heterocycles. The first-order valence-electron chi connectivity index (χ1n) is 9.70. The monoisotopic (exact) mass is 427 g/mol. The molecule has 2 aliphatic rings. The number of carbonyl (C=O) groups excluding carboxylic acids is 1. The summed E-state index contributed by atoms with van der Waals surface area (Å²) < 4.78 is 6.46. The third-order valence-electron chi connectivity index (χ3n) is 5.36. The number of rotatable bonds is 5. The summed E-state index contributed by atoms with van der Waals surface area (Å²) in [6.07, 6.45) is 7.82. The highest BCUT2D eigenvalue weighted by atomic mass is 32.2. The molecule has 7 heteroatoms. The Kier molecular flexibility index (Phi) is 5.87. The minimum Gasteiger partial charge on any atom is -0.478 e. The number of hydrogen-bond donors (Lipinski definition) is 1. The smallest absolute Gasteiger partial charge is 0.335 e. The number of amides is 1. The van der Waals surface area contributed by atoms with Crippen molar-refractivity contribution in [3.63, 3.8) is 0 Å². The second-order valence-electron chi connectivity index (χ2n) is 7.38. The average molecular weight is 428 g/mol. The van der Waals surface area contributed by atoms with Gasteiger partial charge in [0.25, 0.3) is 5.91 Å². The van der Waals surface area contributed by atoms with Gasteiger partial charge in [-0.25, -0.2) is 4.79 Å². The van der Waals surface area contributed by atoms with Crippen LogP contribution in [0.25, 0.3) is 17.4 Å². The quantitative estimate of drug-likeness (QED) is 0.507. The molecule has 1 amide bonds. The first-order chi connectivity index (χ1) is 14.0. The fourth-order valence-corrected chi connectivity index (χ4v) is 5.03. The summed E-state index contributed by atoms with van der Waals surface area (Å²) in [6, 6.07) is 10.1. The molecular formula is C22H21NO4S2. The predicted octanol–water partition coefficient (Wildman–Crippen LogP) is 5.43. The maximum atomic E-state index is 12.8. The molecule has 1 aromatic carbocycles. The third kappa shape index (κ3) is 4.46. The molecule has 29 heavy (non-hydrogen) atoms. The number of benzene rings is 1. The second kappa shape index (κ2) is 8.55. The molecule has 1 saturated heterocycles. The van der Waals surface area contributed by atoms with Gasteiger partial charge in [0.1, 0.15) is 15.8 Å². The van der Waals surface area contributed by atoms with E-state index in [2.05, 4.69) is 0 Å². The summed E-state index contributed by atoms with van der Waals surface area (Å²) in [4.78, 5) is 26.1. The van der Waals surface area contributed by atoms with Crippen LogP contribution in [0.4, 0.5) is 0 Å². The number of thioether (sulfide) groups is 1. The van der Waals surface area contributed by atoms with Gasteiger partial charge in [-0.2, -0.15) is 0 Å². The molecule has 0 bridgehead atoms. The maximum absolute atomic E-state index is 12.8. The summed E-state index contributed by atoms with van der Waals surface area (Å²) in [7, 11) is 0. The van der Waals surface area contributed by atoms with Gasteiger partial charge < -0.3 is 9.52 Å². The van der Waals surface area contributed by atoms with E-state index in [1.165, 1.54) is 43.2 Å². The lowest BCUT2D eigenvalue weighted by molar-refractivity contribution is -0.122. The van der Waals surface area contributed by atoms with Crippen molar-refractivity contribution in [2.75, 3.05) is 6.54 Å². The number of carboxylic acids is 1. The lowest BCUT2D eigenvalue weighted by Crippen LogP contribution is -2.33. The number of furan rings is 1. The van der Waals surface area contributed by atoms with Crippen LogP contribution in [-0.2, 0) is 4.79 Å². The van der Waals surface area contributed by atoms with Crippen molar-refractivity contribution in [1.82, 2.24) is 4.90 Å². The van der Waals surface area contributed by atoms with Crippen molar-refractivity contribution < 1.29 is 19.1 Å². The molecule has 1 saturated carbocycles. The first-order valence-corrected chi connectivity index (χ1v) is 10.9. The van der Waals surface area contributed by atoms with Gasteiger partial charge in [-0.15, -0.1) is 0 Å². The molecule has 0 radical (unpaired) electrons. The normalized spacial score (nSPS) is 19.3. The second-order valence-corrected chi connectivity index (χ2v) is 9.06. The van der Waals surface area contributed by atoms with Gasteiger partial charge >= 0.3 is 5.97 Å². The Bertz CT molecular complexity index is 971. The van der Waals surface area contributed by atoms with E-state index in [1.807, 2.05) is 6.07 Å². The zero-order valence-electron chi connectivity index (χ0n) is 15.8. The van der Waals surface area contributed by atoms with Crippen LogP contribution in [0, 0.1) is 5.92 Å². The molecule has 0 unspecified atom stereocenters. The molecule has 4 rings (SSSR count). The molecule has 2 fully saturated rings. The van der Waals surface area contributed by atoms with Crippen molar-refractivity contribution >= 4 is 46.3 Å². The number of carboxylic acid groups (broad SMARTS) is 1. The molecule has 2 heterocycles. The van der Waals surface area contributed by atoms with Crippen molar-refractivity contribution in [3.05, 3.63) is 52.6 Å².